The van der Waals surface area contributed by atoms with Crippen LogP contribution in [0.1, 0.15) is 20.8 Å². The Kier molecular flexibility index (Phi) is 5.36. The summed E-state index contributed by atoms with van der Waals surface area (Å²) in [5.74, 6) is 5.22. The summed E-state index contributed by atoms with van der Waals surface area (Å²) in [4.78, 5) is 19.8. The van der Waals surface area contributed by atoms with E-state index in [1.165, 1.54) is 6.92 Å². The first-order valence-electron chi connectivity index (χ1n) is 4.01. The molecule has 3 N–H and O–H groups in total. The van der Waals surface area contributed by atoms with Crippen molar-refractivity contribution >= 4 is 6.09 Å². The molecule has 78 valence electrons. The highest BCUT2D eigenvalue weighted by atomic mass is 17.2. The van der Waals surface area contributed by atoms with Crippen LogP contribution in [0, 0.1) is 0 Å². The molecule has 1 unspecified atom stereocenters. The lowest BCUT2D eigenvalue weighted by molar-refractivity contribution is -0.270. The highest BCUT2D eigenvalue weighted by Gasteiger charge is 2.14. The molecular weight excluding hydrogens is 176 g/mol. The molecule has 0 aromatic rings. The predicted molar refractivity (Wildman–Crippen MR) is 45.3 cm³/mol. The van der Waals surface area contributed by atoms with Gasteiger partial charge in [-0.3, -0.25) is 4.89 Å². The molecule has 0 aliphatic rings. The fourth-order valence-electron chi connectivity index (χ4n) is 0.544. The third kappa shape index (κ3) is 6.32. The number of rotatable bonds is 4. The highest BCUT2D eigenvalue weighted by Crippen LogP contribution is 1.94. The second kappa shape index (κ2) is 5.74. The first kappa shape index (κ1) is 12.2. The van der Waals surface area contributed by atoms with E-state index in [1.54, 1.807) is 13.8 Å². The van der Waals surface area contributed by atoms with E-state index < -0.39 is 12.2 Å². The average molecular weight is 192 g/mol. The van der Waals surface area contributed by atoms with Crippen molar-refractivity contribution in [1.29, 1.82) is 0 Å². The fourth-order valence-corrected chi connectivity index (χ4v) is 0.544. The summed E-state index contributed by atoms with van der Waals surface area (Å²) in [6.45, 7) is 4.93. The number of hydrazine groups is 1. The molecule has 0 spiro atoms. The number of carbonyl (C=O) groups is 1. The number of nitrogens with zero attached hydrogens (tertiary/aromatic N) is 1. The van der Waals surface area contributed by atoms with Gasteiger partial charge in [-0.1, -0.05) is 0 Å². The van der Waals surface area contributed by atoms with E-state index >= 15 is 0 Å². The smallest absolute Gasteiger partial charge is 0.392 e. The van der Waals surface area contributed by atoms with Crippen LogP contribution in [0.4, 0.5) is 4.79 Å². The molecule has 0 aliphatic heterocycles. The molecular formula is C7H16N2O4. The van der Waals surface area contributed by atoms with Crippen LogP contribution in [0.15, 0.2) is 0 Å². The van der Waals surface area contributed by atoms with Crippen molar-refractivity contribution in [3.63, 3.8) is 0 Å². The van der Waals surface area contributed by atoms with Crippen LogP contribution < -0.4 is 5.84 Å². The summed E-state index contributed by atoms with van der Waals surface area (Å²) in [5, 5.41) is 9.62. The van der Waals surface area contributed by atoms with Gasteiger partial charge in [-0.05, 0) is 20.8 Å². The van der Waals surface area contributed by atoms with Gasteiger partial charge in [-0.2, -0.15) is 4.89 Å². The molecule has 0 rings (SSSR count). The van der Waals surface area contributed by atoms with E-state index in [1.807, 2.05) is 0 Å². The van der Waals surface area contributed by atoms with Crippen LogP contribution in [0.3, 0.4) is 0 Å². The second-order valence-corrected chi connectivity index (χ2v) is 3.00. The third-order valence-electron chi connectivity index (χ3n) is 1.01. The number of carbonyl (C=O) groups excluding carboxylic acids is 1. The molecule has 0 aromatic heterocycles. The van der Waals surface area contributed by atoms with Gasteiger partial charge < -0.3 is 5.11 Å². The Morgan fingerprint density at radius 1 is 1.54 bits per heavy atom. The number of aliphatic hydroxyl groups excluding tert-OH is 1. The Labute approximate surface area is 77.1 Å². The molecule has 0 heterocycles. The lowest BCUT2D eigenvalue weighted by Gasteiger charge is -2.17. The average Bonchev–Trinajstić information content (AvgIpc) is 1.98. The summed E-state index contributed by atoms with van der Waals surface area (Å²) >= 11 is 0. The summed E-state index contributed by atoms with van der Waals surface area (Å²) in [7, 11) is 0. The molecule has 1 atom stereocenters. The first-order chi connectivity index (χ1) is 5.93. The summed E-state index contributed by atoms with van der Waals surface area (Å²) < 4.78 is 0. The van der Waals surface area contributed by atoms with E-state index in [2.05, 4.69) is 9.78 Å². The van der Waals surface area contributed by atoms with Crippen molar-refractivity contribution in [2.24, 2.45) is 5.84 Å². The molecule has 1 amide bonds. The van der Waals surface area contributed by atoms with Crippen molar-refractivity contribution in [1.82, 2.24) is 5.01 Å². The Morgan fingerprint density at radius 2 is 2.08 bits per heavy atom. The lowest BCUT2D eigenvalue weighted by Crippen LogP contribution is -2.42. The van der Waals surface area contributed by atoms with Crippen LogP contribution in [0.25, 0.3) is 0 Å². The Morgan fingerprint density at radius 3 is 2.46 bits per heavy atom. The largest absolute Gasteiger partial charge is 0.455 e. The molecule has 0 saturated heterocycles. The van der Waals surface area contributed by atoms with Crippen LogP contribution in [0.5, 0.6) is 0 Å². The van der Waals surface area contributed by atoms with Crippen molar-refractivity contribution < 1.29 is 19.7 Å². The van der Waals surface area contributed by atoms with Crippen LogP contribution in [0.2, 0.25) is 0 Å². The van der Waals surface area contributed by atoms with E-state index in [4.69, 9.17) is 10.9 Å². The maximum atomic E-state index is 10.9. The second-order valence-electron chi connectivity index (χ2n) is 3.00. The number of hydrogen-bond acceptors (Lipinski definition) is 5. The molecule has 6 heteroatoms. The van der Waals surface area contributed by atoms with Crippen LogP contribution in [-0.2, 0) is 9.78 Å². The molecule has 13 heavy (non-hydrogen) atoms. The van der Waals surface area contributed by atoms with Crippen LogP contribution in [-0.4, -0.2) is 35.0 Å². The Balaban J connectivity index is 3.69. The minimum atomic E-state index is -0.824. The van der Waals surface area contributed by atoms with Crippen molar-refractivity contribution in [3.8, 4) is 0 Å². The molecule has 0 fully saturated rings. The molecule has 0 aromatic carbocycles. The summed E-state index contributed by atoms with van der Waals surface area (Å²) in [5.41, 5.74) is 0. The van der Waals surface area contributed by atoms with Gasteiger partial charge in [0.1, 0.15) is 0 Å². The zero-order valence-corrected chi connectivity index (χ0v) is 8.06. The van der Waals surface area contributed by atoms with Gasteiger partial charge >= 0.3 is 6.09 Å². The summed E-state index contributed by atoms with van der Waals surface area (Å²) in [6.07, 6.45) is -1.74. The molecule has 6 nitrogen and oxygen atoms in total. The van der Waals surface area contributed by atoms with Crippen molar-refractivity contribution in [3.05, 3.63) is 0 Å². The number of hydrogen-bond donors (Lipinski definition) is 2. The van der Waals surface area contributed by atoms with E-state index in [0.29, 0.717) is 0 Å². The molecule has 0 saturated carbocycles. The Bertz CT molecular complexity index is 161. The van der Waals surface area contributed by atoms with Gasteiger partial charge in [-0.15, -0.1) is 0 Å². The van der Waals surface area contributed by atoms with E-state index in [-0.39, 0.29) is 12.6 Å². The predicted octanol–water partition coefficient (Wildman–Crippen LogP) is 0.0195. The van der Waals surface area contributed by atoms with Gasteiger partial charge in [0.2, 0.25) is 0 Å². The Hall–Kier alpha value is -0.850. The third-order valence-corrected chi connectivity index (χ3v) is 1.01. The summed E-state index contributed by atoms with van der Waals surface area (Å²) in [6, 6.07) is 0. The fraction of sp³-hybridized carbons (Fsp3) is 0.857. The normalized spacial score (nSPS) is 12.8. The van der Waals surface area contributed by atoms with E-state index in [9.17, 15) is 4.79 Å². The molecule has 0 aliphatic carbocycles. The van der Waals surface area contributed by atoms with Gasteiger partial charge in [0.25, 0.3) is 0 Å². The zero-order chi connectivity index (χ0) is 10.4. The minimum absolute atomic E-state index is 0.000286. The van der Waals surface area contributed by atoms with Crippen molar-refractivity contribution in [2.75, 3.05) is 6.54 Å². The first-order valence-corrected chi connectivity index (χ1v) is 4.01. The maximum Gasteiger partial charge on any atom is 0.455 e. The zero-order valence-electron chi connectivity index (χ0n) is 8.06. The van der Waals surface area contributed by atoms with Gasteiger partial charge in [0.05, 0.1) is 18.8 Å². The topological polar surface area (TPSA) is 85.0 Å². The monoisotopic (exact) mass is 192 g/mol. The minimum Gasteiger partial charge on any atom is -0.392 e. The number of nitrogens with two attached hydrogens (primary N) is 1. The lowest BCUT2D eigenvalue weighted by atomic mass is 10.4. The standard InChI is InChI=1S/C7H16N2O4/c1-5(2)12-13-7(11)9(8)4-6(3)10/h5-6,10H,4,8H2,1-3H3. The van der Waals surface area contributed by atoms with Gasteiger partial charge in [0, 0.05) is 0 Å². The van der Waals surface area contributed by atoms with E-state index in [0.717, 1.165) is 5.01 Å². The highest BCUT2D eigenvalue weighted by molar-refractivity contribution is 5.66. The van der Waals surface area contributed by atoms with Crippen molar-refractivity contribution in [2.45, 2.75) is 33.0 Å². The van der Waals surface area contributed by atoms with Gasteiger partial charge in [-0.25, -0.2) is 15.6 Å². The maximum absolute atomic E-state index is 10.9. The SMILES string of the molecule is CC(O)CN(N)C(=O)OOC(C)C. The quantitative estimate of drug-likeness (QED) is 0.284. The molecule has 0 radical (unpaired) electrons. The number of aliphatic hydroxyl groups is 1. The van der Waals surface area contributed by atoms with Crippen LogP contribution >= 0.6 is 0 Å². The molecule has 0 bridgehead atoms. The van der Waals surface area contributed by atoms with Gasteiger partial charge in [0.15, 0.2) is 0 Å². The number of amides is 1.